The quantitative estimate of drug-likeness (QED) is 0.459. The first-order chi connectivity index (χ1) is 15.4. The van der Waals surface area contributed by atoms with Crippen LogP contribution in [0, 0.1) is 12.8 Å². The van der Waals surface area contributed by atoms with Gasteiger partial charge in [-0.3, -0.25) is 10.1 Å². The standard InChI is InChI=1S/C23H27N5O3S/c1-5-15(3)19(25-22(30)24-17-11-9-14(2)10-12-17)20(29)26-23-28-27-21(32-23)16-7-6-8-18(13-16)31-4/h6-13,15,19H,5H2,1-4H3,(H2,24,25,30)(H,26,28,29). The van der Waals surface area contributed by atoms with Crippen LogP contribution >= 0.6 is 11.3 Å². The molecule has 1 aromatic heterocycles. The number of rotatable bonds is 8. The third-order valence-electron chi connectivity index (χ3n) is 5.06. The molecule has 2 atom stereocenters. The highest BCUT2D eigenvalue weighted by Crippen LogP contribution is 2.29. The third kappa shape index (κ3) is 6.04. The van der Waals surface area contributed by atoms with E-state index < -0.39 is 12.1 Å². The molecule has 3 rings (SSSR count). The van der Waals surface area contributed by atoms with E-state index in [-0.39, 0.29) is 11.8 Å². The summed E-state index contributed by atoms with van der Waals surface area (Å²) in [6.45, 7) is 5.86. The SMILES string of the molecule is CCC(C)C(NC(=O)Nc1ccc(C)cc1)C(=O)Nc1nnc(-c2cccc(OC)c2)s1. The molecule has 0 saturated carbocycles. The van der Waals surface area contributed by atoms with Crippen LogP contribution in [0.25, 0.3) is 10.6 Å². The molecule has 3 amide bonds. The van der Waals surface area contributed by atoms with Gasteiger partial charge in [-0.2, -0.15) is 0 Å². The van der Waals surface area contributed by atoms with Crippen molar-refractivity contribution in [3.8, 4) is 16.3 Å². The molecule has 0 spiro atoms. The summed E-state index contributed by atoms with van der Waals surface area (Å²) in [6.07, 6.45) is 0.716. The van der Waals surface area contributed by atoms with Gasteiger partial charge in [-0.15, -0.1) is 10.2 Å². The van der Waals surface area contributed by atoms with Gasteiger partial charge in [0, 0.05) is 11.3 Å². The van der Waals surface area contributed by atoms with E-state index in [9.17, 15) is 9.59 Å². The summed E-state index contributed by atoms with van der Waals surface area (Å²) < 4.78 is 5.24. The van der Waals surface area contributed by atoms with Gasteiger partial charge in [0.2, 0.25) is 11.0 Å². The lowest BCUT2D eigenvalue weighted by Crippen LogP contribution is -2.49. The molecule has 0 radical (unpaired) electrons. The smallest absolute Gasteiger partial charge is 0.319 e. The number of amides is 3. The van der Waals surface area contributed by atoms with Gasteiger partial charge in [0.25, 0.3) is 0 Å². The number of aromatic nitrogens is 2. The molecule has 0 aliphatic heterocycles. The van der Waals surface area contributed by atoms with Gasteiger partial charge in [-0.1, -0.05) is 61.4 Å². The van der Waals surface area contributed by atoms with Crippen LogP contribution in [-0.4, -0.2) is 35.3 Å². The van der Waals surface area contributed by atoms with Crippen LogP contribution in [0.15, 0.2) is 48.5 Å². The number of carbonyl (C=O) groups is 2. The molecule has 3 N–H and O–H groups in total. The van der Waals surface area contributed by atoms with Crippen molar-refractivity contribution in [1.82, 2.24) is 15.5 Å². The molecule has 32 heavy (non-hydrogen) atoms. The highest BCUT2D eigenvalue weighted by atomic mass is 32.1. The first kappa shape index (κ1) is 23.2. The van der Waals surface area contributed by atoms with E-state index in [0.717, 1.165) is 11.1 Å². The number of carbonyl (C=O) groups excluding carboxylic acids is 2. The van der Waals surface area contributed by atoms with Crippen LogP contribution in [-0.2, 0) is 4.79 Å². The Labute approximate surface area is 191 Å². The van der Waals surface area contributed by atoms with Crippen molar-refractivity contribution in [2.45, 2.75) is 33.2 Å². The van der Waals surface area contributed by atoms with Gasteiger partial charge in [-0.05, 0) is 37.1 Å². The second-order valence-corrected chi connectivity index (χ2v) is 8.44. The van der Waals surface area contributed by atoms with Gasteiger partial charge >= 0.3 is 6.03 Å². The third-order valence-corrected chi connectivity index (χ3v) is 5.95. The average Bonchev–Trinajstić information content (AvgIpc) is 3.27. The summed E-state index contributed by atoms with van der Waals surface area (Å²) in [7, 11) is 1.60. The number of ether oxygens (including phenoxy) is 1. The first-order valence-corrected chi connectivity index (χ1v) is 11.1. The minimum Gasteiger partial charge on any atom is -0.497 e. The molecule has 3 aromatic rings. The van der Waals surface area contributed by atoms with Gasteiger partial charge in [0.15, 0.2) is 0 Å². The molecule has 2 unspecified atom stereocenters. The Kier molecular flexibility index (Phi) is 7.77. The molecule has 9 heteroatoms. The topological polar surface area (TPSA) is 105 Å². The molecule has 0 aliphatic rings. The van der Waals surface area contributed by atoms with Crippen molar-refractivity contribution < 1.29 is 14.3 Å². The van der Waals surface area contributed by atoms with Crippen LogP contribution in [0.5, 0.6) is 5.75 Å². The summed E-state index contributed by atoms with van der Waals surface area (Å²) >= 11 is 1.26. The predicted molar refractivity (Wildman–Crippen MR) is 127 cm³/mol. The summed E-state index contributed by atoms with van der Waals surface area (Å²) in [5.74, 6) is 0.292. The fourth-order valence-electron chi connectivity index (χ4n) is 2.98. The molecule has 8 nitrogen and oxygen atoms in total. The zero-order chi connectivity index (χ0) is 23.1. The van der Waals surface area contributed by atoms with Gasteiger partial charge in [-0.25, -0.2) is 4.79 Å². The number of anilines is 2. The van der Waals surface area contributed by atoms with E-state index in [4.69, 9.17) is 4.74 Å². The lowest BCUT2D eigenvalue weighted by atomic mass is 9.98. The fraction of sp³-hybridized carbons (Fsp3) is 0.304. The Bertz CT molecular complexity index is 1070. The van der Waals surface area contributed by atoms with E-state index in [2.05, 4.69) is 26.1 Å². The number of nitrogens with one attached hydrogen (secondary N) is 3. The molecule has 2 aromatic carbocycles. The molecular weight excluding hydrogens is 426 g/mol. The Morgan fingerprint density at radius 3 is 2.53 bits per heavy atom. The van der Waals surface area contributed by atoms with Crippen LogP contribution in [0.1, 0.15) is 25.8 Å². The van der Waals surface area contributed by atoms with Gasteiger partial charge in [0.05, 0.1) is 7.11 Å². The van der Waals surface area contributed by atoms with Crippen molar-refractivity contribution >= 4 is 34.1 Å². The average molecular weight is 454 g/mol. The van der Waals surface area contributed by atoms with Crippen molar-refractivity contribution in [2.75, 3.05) is 17.7 Å². The Morgan fingerprint density at radius 1 is 1.09 bits per heavy atom. The summed E-state index contributed by atoms with van der Waals surface area (Å²) in [5, 5.41) is 17.6. The van der Waals surface area contributed by atoms with Crippen molar-refractivity contribution in [3.63, 3.8) is 0 Å². The van der Waals surface area contributed by atoms with Crippen molar-refractivity contribution in [3.05, 3.63) is 54.1 Å². The second-order valence-electron chi connectivity index (χ2n) is 7.46. The summed E-state index contributed by atoms with van der Waals surface area (Å²) in [6, 6.07) is 13.7. The maximum absolute atomic E-state index is 13.0. The molecule has 0 bridgehead atoms. The number of aryl methyl sites for hydroxylation is 1. The predicted octanol–water partition coefficient (Wildman–Crippen LogP) is 4.70. The molecule has 168 valence electrons. The zero-order valence-electron chi connectivity index (χ0n) is 18.5. The van der Waals surface area contributed by atoms with Crippen molar-refractivity contribution in [1.29, 1.82) is 0 Å². The van der Waals surface area contributed by atoms with E-state index in [1.165, 1.54) is 11.3 Å². The maximum atomic E-state index is 13.0. The Balaban J connectivity index is 1.67. The number of urea groups is 1. The molecule has 0 aliphatic carbocycles. The maximum Gasteiger partial charge on any atom is 0.319 e. The van der Waals surface area contributed by atoms with E-state index in [0.29, 0.717) is 28.0 Å². The molecule has 0 fully saturated rings. The number of hydrogen-bond donors (Lipinski definition) is 3. The number of benzene rings is 2. The van der Waals surface area contributed by atoms with Crippen LogP contribution in [0.4, 0.5) is 15.6 Å². The minimum absolute atomic E-state index is 0.0791. The highest BCUT2D eigenvalue weighted by Gasteiger charge is 2.27. The number of methoxy groups -OCH3 is 1. The van der Waals surface area contributed by atoms with E-state index in [1.807, 2.05) is 69.3 Å². The van der Waals surface area contributed by atoms with Crippen LogP contribution in [0.3, 0.4) is 0 Å². The van der Waals surface area contributed by atoms with Crippen LogP contribution in [0.2, 0.25) is 0 Å². The normalized spacial score (nSPS) is 12.5. The van der Waals surface area contributed by atoms with Crippen molar-refractivity contribution in [2.24, 2.45) is 5.92 Å². The lowest BCUT2D eigenvalue weighted by Gasteiger charge is -2.23. The molecule has 1 heterocycles. The van der Waals surface area contributed by atoms with Gasteiger partial charge in [0.1, 0.15) is 16.8 Å². The number of hydrogen-bond acceptors (Lipinski definition) is 6. The highest BCUT2D eigenvalue weighted by molar-refractivity contribution is 7.18. The molecular formula is C23H27N5O3S. The molecule has 0 saturated heterocycles. The van der Waals surface area contributed by atoms with Crippen LogP contribution < -0.4 is 20.7 Å². The zero-order valence-corrected chi connectivity index (χ0v) is 19.3. The summed E-state index contributed by atoms with van der Waals surface area (Å²) in [4.78, 5) is 25.5. The largest absolute Gasteiger partial charge is 0.497 e. The van der Waals surface area contributed by atoms with E-state index in [1.54, 1.807) is 7.11 Å². The van der Waals surface area contributed by atoms with Gasteiger partial charge < -0.3 is 15.4 Å². The summed E-state index contributed by atoms with van der Waals surface area (Å²) in [5.41, 5.74) is 2.60. The first-order valence-electron chi connectivity index (χ1n) is 10.3. The Morgan fingerprint density at radius 2 is 1.84 bits per heavy atom. The minimum atomic E-state index is -0.727. The fourth-order valence-corrected chi connectivity index (χ4v) is 3.72. The Hall–Kier alpha value is -3.46. The second kappa shape index (κ2) is 10.7. The number of nitrogens with zero attached hydrogens (tertiary/aromatic N) is 2. The lowest BCUT2D eigenvalue weighted by molar-refractivity contribution is -0.119. The van der Waals surface area contributed by atoms with E-state index >= 15 is 0 Å². The monoisotopic (exact) mass is 453 g/mol.